The first kappa shape index (κ1) is 8.02. The number of hydrogen-bond donors (Lipinski definition) is 1. The summed E-state index contributed by atoms with van der Waals surface area (Å²) < 4.78 is 5.40. The highest BCUT2D eigenvalue weighted by atomic mass is 16.5. The highest BCUT2D eigenvalue weighted by Crippen LogP contribution is 2.11. The first-order chi connectivity index (χ1) is 4.84. The van der Waals surface area contributed by atoms with Crippen molar-refractivity contribution in [2.45, 2.75) is 38.8 Å². The largest absolute Gasteiger partial charge is 0.377 e. The lowest BCUT2D eigenvalue weighted by molar-refractivity contribution is 0.113. The Bertz CT molecular complexity index is 95.3. The van der Waals surface area contributed by atoms with Crippen molar-refractivity contribution in [1.82, 2.24) is 5.32 Å². The van der Waals surface area contributed by atoms with E-state index in [0.29, 0.717) is 12.1 Å². The number of hydrogen-bond acceptors (Lipinski definition) is 2. The predicted octanol–water partition coefficient (Wildman–Crippen LogP) is 1.16. The van der Waals surface area contributed by atoms with Crippen molar-refractivity contribution >= 4 is 0 Å². The molecule has 60 valence electrons. The minimum absolute atomic E-state index is 0.423. The molecule has 0 spiro atoms. The smallest absolute Gasteiger partial charge is 0.0700 e. The van der Waals surface area contributed by atoms with Crippen molar-refractivity contribution < 1.29 is 4.74 Å². The average Bonchev–Trinajstić information content (AvgIpc) is 2.31. The van der Waals surface area contributed by atoms with Gasteiger partial charge in [-0.05, 0) is 26.3 Å². The Hall–Kier alpha value is -0.0800. The van der Waals surface area contributed by atoms with Gasteiger partial charge >= 0.3 is 0 Å². The van der Waals surface area contributed by atoms with Gasteiger partial charge in [0.25, 0.3) is 0 Å². The first-order valence-corrected chi connectivity index (χ1v) is 4.19. The van der Waals surface area contributed by atoms with E-state index >= 15 is 0 Å². The molecule has 0 saturated carbocycles. The Morgan fingerprint density at radius 3 is 2.90 bits per heavy atom. The molecule has 0 aromatic rings. The van der Waals surface area contributed by atoms with Crippen LogP contribution >= 0.6 is 0 Å². The average molecular weight is 143 g/mol. The summed E-state index contributed by atoms with van der Waals surface area (Å²) >= 11 is 0. The summed E-state index contributed by atoms with van der Waals surface area (Å²) in [7, 11) is 0. The summed E-state index contributed by atoms with van der Waals surface area (Å²) in [5.41, 5.74) is 0. The molecule has 0 aromatic heterocycles. The van der Waals surface area contributed by atoms with E-state index in [4.69, 9.17) is 4.74 Å². The van der Waals surface area contributed by atoms with Gasteiger partial charge in [-0.2, -0.15) is 0 Å². The molecule has 0 unspecified atom stereocenters. The van der Waals surface area contributed by atoms with Gasteiger partial charge in [0.05, 0.1) is 6.10 Å². The van der Waals surface area contributed by atoms with E-state index in [2.05, 4.69) is 19.2 Å². The van der Waals surface area contributed by atoms with E-state index in [-0.39, 0.29) is 0 Å². The van der Waals surface area contributed by atoms with E-state index in [1.165, 1.54) is 12.8 Å². The number of rotatable bonds is 3. The molecule has 0 aromatic carbocycles. The summed E-state index contributed by atoms with van der Waals surface area (Å²) in [6.45, 7) is 6.38. The molecule has 1 rings (SSSR count). The van der Waals surface area contributed by atoms with Crippen molar-refractivity contribution in [3.05, 3.63) is 0 Å². The fourth-order valence-corrected chi connectivity index (χ4v) is 1.33. The Kier molecular flexibility index (Phi) is 3.16. The summed E-state index contributed by atoms with van der Waals surface area (Å²) in [5.74, 6) is 0. The van der Waals surface area contributed by atoms with Gasteiger partial charge in [0, 0.05) is 12.6 Å². The van der Waals surface area contributed by atoms with Crippen molar-refractivity contribution in [2.75, 3.05) is 13.2 Å². The van der Waals surface area contributed by atoms with Crippen LogP contribution in [0.4, 0.5) is 0 Å². The van der Waals surface area contributed by atoms with Crippen LogP contribution in [-0.4, -0.2) is 25.3 Å². The maximum absolute atomic E-state index is 5.40. The third-order valence-corrected chi connectivity index (χ3v) is 2.03. The van der Waals surface area contributed by atoms with Crippen LogP contribution in [0.15, 0.2) is 0 Å². The van der Waals surface area contributed by atoms with Crippen molar-refractivity contribution in [1.29, 1.82) is 0 Å². The highest BCUT2D eigenvalue weighted by Gasteiger charge is 2.22. The summed E-state index contributed by atoms with van der Waals surface area (Å²) in [6.07, 6.45) is 2.82. The van der Waals surface area contributed by atoms with Gasteiger partial charge in [-0.25, -0.2) is 0 Å². The van der Waals surface area contributed by atoms with Crippen LogP contribution < -0.4 is 5.32 Å². The lowest BCUT2D eigenvalue weighted by Crippen LogP contribution is -2.34. The maximum Gasteiger partial charge on any atom is 0.0700 e. The van der Waals surface area contributed by atoms with Crippen LogP contribution in [-0.2, 0) is 4.74 Å². The third kappa shape index (κ3) is 1.96. The lowest BCUT2D eigenvalue weighted by Gasteiger charge is -2.14. The van der Waals surface area contributed by atoms with Crippen LogP contribution in [0.2, 0.25) is 0 Å². The molecule has 0 aliphatic carbocycles. The minimum Gasteiger partial charge on any atom is -0.377 e. The molecular weight excluding hydrogens is 126 g/mol. The first-order valence-electron chi connectivity index (χ1n) is 4.19. The third-order valence-electron chi connectivity index (χ3n) is 2.03. The van der Waals surface area contributed by atoms with Crippen molar-refractivity contribution in [2.24, 2.45) is 0 Å². The molecular formula is C8H17NO. The van der Waals surface area contributed by atoms with Gasteiger partial charge in [0.15, 0.2) is 0 Å². The fourth-order valence-electron chi connectivity index (χ4n) is 1.33. The van der Waals surface area contributed by atoms with E-state index in [1.54, 1.807) is 0 Å². The van der Waals surface area contributed by atoms with Gasteiger partial charge in [0.2, 0.25) is 0 Å². The second-order valence-corrected chi connectivity index (χ2v) is 2.93. The molecule has 0 amide bonds. The predicted molar refractivity (Wildman–Crippen MR) is 42.1 cm³/mol. The van der Waals surface area contributed by atoms with Crippen LogP contribution in [0.5, 0.6) is 0 Å². The molecule has 1 heterocycles. The van der Waals surface area contributed by atoms with Crippen LogP contribution in [0.25, 0.3) is 0 Å². The Balaban J connectivity index is 2.14. The molecule has 1 aliphatic rings. The molecule has 1 aliphatic heterocycles. The zero-order valence-electron chi connectivity index (χ0n) is 6.89. The van der Waals surface area contributed by atoms with Gasteiger partial charge in [-0.1, -0.05) is 6.92 Å². The second kappa shape index (κ2) is 3.94. The van der Waals surface area contributed by atoms with E-state index < -0.39 is 0 Å². The molecule has 0 bridgehead atoms. The van der Waals surface area contributed by atoms with Gasteiger partial charge in [0.1, 0.15) is 0 Å². The summed E-state index contributed by atoms with van der Waals surface area (Å²) in [4.78, 5) is 0. The monoisotopic (exact) mass is 143 g/mol. The highest BCUT2D eigenvalue weighted by molar-refractivity contribution is 4.78. The second-order valence-electron chi connectivity index (χ2n) is 2.93. The fraction of sp³-hybridized carbons (Fsp3) is 1.00. The topological polar surface area (TPSA) is 21.3 Å². The van der Waals surface area contributed by atoms with Crippen LogP contribution in [0, 0.1) is 0 Å². The maximum atomic E-state index is 5.40. The van der Waals surface area contributed by atoms with Gasteiger partial charge in [-0.15, -0.1) is 0 Å². The molecule has 1 fully saturated rings. The summed E-state index contributed by atoms with van der Waals surface area (Å²) in [6, 6.07) is 0.611. The van der Waals surface area contributed by atoms with Crippen molar-refractivity contribution in [3.63, 3.8) is 0 Å². The molecule has 2 heteroatoms. The molecule has 1 N–H and O–H groups in total. The molecule has 2 atom stereocenters. The van der Waals surface area contributed by atoms with Gasteiger partial charge < -0.3 is 10.1 Å². The quantitative estimate of drug-likeness (QED) is 0.640. The normalized spacial score (nSPS) is 33.0. The number of nitrogens with one attached hydrogen (secondary N) is 1. The molecule has 1 saturated heterocycles. The van der Waals surface area contributed by atoms with Crippen LogP contribution in [0.3, 0.4) is 0 Å². The minimum atomic E-state index is 0.423. The number of ether oxygens (including phenoxy) is 1. The Labute approximate surface area is 63.0 Å². The van der Waals surface area contributed by atoms with E-state index in [1.807, 2.05) is 0 Å². The Morgan fingerprint density at radius 1 is 1.60 bits per heavy atom. The standard InChI is InChI=1S/C8H17NO/c1-3-5-9-8-4-6-10-7(8)2/h7-9H,3-6H2,1-2H3/t7-,8-/m1/s1. The lowest BCUT2D eigenvalue weighted by atomic mass is 10.1. The zero-order chi connectivity index (χ0) is 7.40. The van der Waals surface area contributed by atoms with Crippen LogP contribution in [0.1, 0.15) is 26.7 Å². The van der Waals surface area contributed by atoms with E-state index in [9.17, 15) is 0 Å². The SMILES string of the molecule is CCCN[C@@H]1CCO[C@@H]1C. The Morgan fingerprint density at radius 2 is 2.40 bits per heavy atom. The molecule has 10 heavy (non-hydrogen) atoms. The molecule has 0 radical (unpaired) electrons. The molecule has 2 nitrogen and oxygen atoms in total. The summed E-state index contributed by atoms with van der Waals surface area (Å²) in [5, 5.41) is 3.46. The van der Waals surface area contributed by atoms with E-state index in [0.717, 1.165) is 13.2 Å². The zero-order valence-corrected chi connectivity index (χ0v) is 6.89. The van der Waals surface area contributed by atoms with Gasteiger partial charge in [-0.3, -0.25) is 0 Å². The van der Waals surface area contributed by atoms with Crippen molar-refractivity contribution in [3.8, 4) is 0 Å².